The molecule has 172 valence electrons. The van der Waals surface area contributed by atoms with Crippen LogP contribution >= 0.6 is 0 Å². The van der Waals surface area contributed by atoms with Gasteiger partial charge in [0.2, 0.25) is 0 Å². The van der Waals surface area contributed by atoms with E-state index in [1.165, 1.54) is 6.07 Å². The summed E-state index contributed by atoms with van der Waals surface area (Å²) < 4.78 is 50.7. The van der Waals surface area contributed by atoms with E-state index >= 15 is 0 Å². The van der Waals surface area contributed by atoms with Gasteiger partial charge in [0.1, 0.15) is 13.2 Å². The lowest BCUT2D eigenvalue weighted by Crippen LogP contribution is -2.04. The summed E-state index contributed by atoms with van der Waals surface area (Å²) >= 11 is 0. The molecule has 4 nitrogen and oxygen atoms in total. The van der Waals surface area contributed by atoms with Crippen LogP contribution in [0.25, 0.3) is 12.2 Å². The summed E-state index contributed by atoms with van der Waals surface area (Å²) in [6.07, 6.45) is -1.27. The number of aromatic nitrogens is 2. The van der Waals surface area contributed by atoms with Gasteiger partial charge in [0.25, 0.3) is 5.88 Å². The first kappa shape index (κ1) is 23.0. The fourth-order valence-electron chi connectivity index (χ4n) is 3.12. The molecule has 0 aliphatic carbocycles. The van der Waals surface area contributed by atoms with E-state index in [1.54, 1.807) is 24.3 Å². The van der Waals surface area contributed by atoms with Gasteiger partial charge in [-0.1, -0.05) is 78.9 Å². The predicted molar refractivity (Wildman–Crippen MR) is 124 cm³/mol. The van der Waals surface area contributed by atoms with Crippen molar-refractivity contribution < 1.29 is 22.6 Å². The Morgan fingerprint density at radius 2 is 1.32 bits per heavy atom. The van der Waals surface area contributed by atoms with Crippen LogP contribution < -0.4 is 9.47 Å². The van der Waals surface area contributed by atoms with Gasteiger partial charge in [-0.3, -0.25) is 0 Å². The highest BCUT2D eigenvalue weighted by molar-refractivity contribution is 5.69. The molecular weight excluding hydrogens is 441 g/mol. The van der Waals surface area contributed by atoms with Crippen molar-refractivity contribution in [2.45, 2.75) is 19.4 Å². The molecule has 4 rings (SSSR count). The fourth-order valence-corrected chi connectivity index (χ4v) is 3.12. The van der Waals surface area contributed by atoms with E-state index in [4.69, 9.17) is 9.47 Å². The minimum atomic E-state index is -4.40. The van der Waals surface area contributed by atoms with Crippen molar-refractivity contribution in [3.8, 4) is 11.6 Å². The molecule has 0 N–H and O–H groups in total. The van der Waals surface area contributed by atoms with Gasteiger partial charge in [-0.05, 0) is 34.9 Å². The van der Waals surface area contributed by atoms with E-state index in [2.05, 4.69) is 10.2 Å². The molecular formula is C27H21F3N2O2. The number of benzene rings is 3. The molecule has 0 saturated carbocycles. The summed E-state index contributed by atoms with van der Waals surface area (Å²) in [7, 11) is 0. The van der Waals surface area contributed by atoms with Crippen molar-refractivity contribution in [3.05, 3.63) is 119 Å². The van der Waals surface area contributed by atoms with Crippen molar-refractivity contribution in [3.63, 3.8) is 0 Å². The maximum Gasteiger partial charge on any atom is 0.416 e. The normalized spacial score (nSPS) is 11.5. The van der Waals surface area contributed by atoms with Crippen LogP contribution in [0.5, 0.6) is 11.6 Å². The molecule has 0 spiro atoms. The molecule has 3 aromatic carbocycles. The molecule has 4 aromatic rings. The maximum atomic E-state index is 13.0. The minimum Gasteiger partial charge on any atom is -0.483 e. The van der Waals surface area contributed by atoms with Gasteiger partial charge in [-0.25, -0.2) is 0 Å². The lowest BCUT2D eigenvalue weighted by Gasteiger charge is -2.12. The Balaban J connectivity index is 1.55. The van der Waals surface area contributed by atoms with Gasteiger partial charge >= 0.3 is 6.18 Å². The SMILES string of the molecule is FC(F)(F)c1cccc(C=Cc2cc(OCc3ccccc3)c(OCc3ccccc3)nn2)c1. The third kappa shape index (κ3) is 6.45. The highest BCUT2D eigenvalue weighted by Gasteiger charge is 2.30. The molecule has 1 heterocycles. The molecule has 0 unspecified atom stereocenters. The fraction of sp³-hybridized carbons (Fsp3) is 0.111. The molecule has 0 aliphatic heterocycles. The van der Waals surface area contributed by atoms with Gasteiger partial charge in [-0.15, -0.1) is 10.2 Å². The molecule has 0 bridgehead atoms. The topological polar surface area (TPSA) is 44.2 Å². The first-order valence-corrected chi connectivity index (χ1v) is 10.5. The van der Waals surface area contributed by atoms with Crippen molar-refractivity contribution in [1.82, 2.24) is 10.2 Å². The molecule has 1 aromatic heterocycles. The van der Waals surface area contributed by atoms with Crippen molar-refractivity contribution in [2.75, 3.05) is 0 Å². The Labute approximate surface area is 195 Å². The van der Waals surface area contributed by atoms with Crippen LogP contribution in [0.15, 0.2) is 91.0 Å². The Kier molecular flexibility index (Phi) is 7.22. The standard InChI is InChI=1S/C27H21F3N2O2/c28-27(29,30)23-13-7-12-20(16-23)14-15-24-17-25(33-18-21-8-3-1-4-9-21)26(32-31-24)34-19-22-10-5-2-6-11-22/h1-17H,18-19H2. The van der Waals surface area contributed by atoms with Gasteiger partial charge in [0.05, 0.1) is 11.3 Å². The summed E-state index contributed by atoms with van der Waals surface area (Å²) in [5.74, 6) is 0.620. The van der Waals surface area contributed by atoms with Crippen LogP contribution in [0.2, 0.25) is 0 Å². The van der Waals surface area contributed by atoms with Crippen molar-refractivity contribution in [1.29, 1.82) is 0 Å². The first-order valence-electron chi connectivity index (χ1n) is 10.5. The Morgan fingerprint density at radius 3 is 1.97 bits per heavy atom. The van der Waals surface area contributed by atoms with E-state index in [0.29, 0.717) is 23.6 Å². The third-order valence-corrected chi connectivity index (χ3v) is 4.86. The van der Waals surface area contributed by atoms with Crippen LogP contribution in [0.1, 0.15) is 27.9 Å². The second kappa shape index (κ2) is 10.7. The zero-order chi connectivity index (χ0) is 23.8. The van der Waals surface area contributed by atoms with E-state index in [1.807, 2.05) is 60.7 Å². The van der Waals surface area contributed by atoms with Crippen molar-refractivity contribution in [2.24, 2.45) is 0 Å². The van der Waals surface area contributed by atoms with E-state index in [0.717, 1.165) is 23.3 Å². The molecule has 0 atom stereocenters. The first-order chi connectivity index (χ1) is 16.5. The molecule has 7 heteroatoms. The van der Waals surface area contributed by atoms with E-state index in [9.17, 15) is 13.2 Å². The lowest BCUT2D eigenvalue weighted by molar-refractivity contribution is -0.137. The highest BCUT2D eigenvalue weighted by Crippen LogP contribution is 2.30. The Hall–Kier alpha value is -4.13. The van der Waals surface area contributed by atoms with Gasteiger partial charge in [0.15, 0.2) is 5.75 Å². The summed E-state index contributed by atoms with van der Waals surface area (Å²) in [5, 5.41) is 8.28. The third-order valence-electron chi connectivity index (χ3n) is 4.86. The number of nitrogens with zero attached hydrogens (tertiary/aromatic N) is 2. The molecule has 0 radical (unpaired) electrons. The van der Waals surface area contributed by atoms with E-state index in [-0.39, 0.29) is 12.5 Å². The lowest BCUT2D eigenvalue weighted by atomic mass is 10.1. The van der Waals surface area contributed by atoms with Gasteiger partial charge in [-0.2, -0.15) is 13.2 Å². The summed E-state index contributed by atoms with van der Waals surface area (Å²) in [5.41, 5.74) is 2.04. The Bertz CT molecular complexity index is 1240. The summed E-state index contributed by atoms with van der Waals surface area (Å²) in [6.45, 7) is 0.585. The quantitative estimate of drug-likeness (QED) is 0.288. The average Bonchev–Trinajstić information content (AvgIpc) is 2.86. The number of rotatable bonds is 8. The average molecular weight is 462 g/mol. The van der Waals surface area contributed by atoms with Crippen LogP contribution in [-0.2, 0) is 19.4 Å². The highest BCUT2D eigenvalue weighted by atomic mass is 19.4. The molecule has 0 amide bonds. The molecule has 0 fully saturated rings. The number of ether oxygens (including phenoxy) is 2. The van der Waals surface area contributed by atoms with Crippen molar-refractivity contribution >= 4 is 12.2 Å². The molecule has 34 heavy (non-hydrogen) atoms. The molecule has 0 aliphatic rings. The van der Waals surface area contributed by atoms with Crippen LogP contribution in [0.3, 0.4) is 0 Å². The number of halogens is 3. The minimum absolute atomic E-state index is 0.232. The zero-order valence-electron chi connectivity index (χ0n) is 18.1. The van der Waals surface area contributed by atoms with Gasteiger partial charge < -0.3 is 9.47 Å². The van der Waals surface area contributed by atoms with Gasteiger partial charge in [0, 0.05) is 6.07 Å². The Morgan fingerprint density at radius 1 is 0.676 bits per heavy atom. The summed E-state index contributed by atoms with van der Waals surface area (Å²) in [4.78, 5) is 0. The number of hydrogen-bond acceptors (Lipinski definition) is 4. The number of hydrogen-bond donors (Lipinski definition) is 0. The van der Waals surface area contributed by atoms with Crippen LogP contribution in [-0.4, -0.2) is 10.2 Å². The van der Waals surface area contributed by atoms with E-state index < -0.39 is 11.7 Å². The zero-order valence-corrected chi connectivity index (χ0v) is 18.1. The van der Waals surface area contributed by atoms with Crippen LogP contribution in [0, 0.1) is 0 Å². The summed E-state index contributed by atoms with van der Waals surface area (Å²) in [6, 6.07) is 26.0. The van der Waals surface area contributed by atoms with Crippen LogP contribution in [0.4, 0.5) is 13.2 Å². The second-order valence-electron chi connectivity index (χ2n) is 7.44. The monoisotopic (exact) mass is 462 g/mol. The number of alkyl halides is 3. The largest absolute Gasteiger partial charge is 0.483 e. The molecule has 0 saturated heterocycles. The predicted octanol–water partition coefficient (Wildman–Crippen LogP) is 6.82. The maximum absolute atomic E-state index is 13.0. The second-order valence-corrected chi connectivity index (χ2v) is 7.44. The smallest absolute Gasteiger partial charge is 0.416 e.